The Balaban J connectivity index is 1.30. The van der Waals surface area contributed by atoms with Crippen molar-refractivity contribution in [3.63, 3.8) is 0 Å². The smallest absolute Gasteiger partial charge is 0.220 e. The van der Waals surface area contributed by atoms with E-state index in [0.29, 0.717) is 30.3 Å². The molecule has 30 heavy (non-hydrogen) atoms. The summed E-state index contributed by atoms with van der Waals surface area (Å²) < 4.78 is 6.29. The summed E-state index contributed by atoms with van der Waals surface area (Å²) in [5.74, 6) is 3.28. The molecule has 0 bridgehead atoms. The number of aliphatic hydroxyl groups is 1. The van der Waals surface area contributed by atoms with E-state index in [4.69, 9.17) is 9.72 Å². The lowest BCUT2D eigenvalue weighted by Crippen LogP contribution is -2.18. The van der Waals surface area contributed by atoms with E-state index in [9.17, 15) is 5.11 Å². The molecule has 1 N–H and O–H groups in total. The zero-order valence-electron chi connectivity index (χ0n) is 17.7. The van der Waals surface area contributed by atoms with Crippen molar-refractivity contribution in [1.29, 1.82) is 0 Å². The molecule has 5 nitrogen and oxygen atoms in total. The minimum absolute atomic E-state index is 0.167. The number of aromatic nitrogens is 3. The van der Waals surface area contributed by atoms with Gasteiger partial charge in [0.25, 0.3) is 0 Å². The molecule has 3 atom stereocenters. The number of para-hydroxylation sites is 1. The van der Waals surface area contributed by atoms with Gasteiger partial charge in [-0.15, -0.1) is 0 Å². The van der Waals surface area contributed by atoms with Gasteiger partial charge < -0.3 is 9.84 Å². The van der Waals surface area contributed by atoms with Crippen LogP contribution in [0.3, 0.4) is 0 Å². The molecule has 3 unspecified atom stereocenters. The Kier molecular flexibility index (Phi) is 5.15. The second-order valence-corrected chi connectivity index (χ2v) is 8.97. The maximum Gasteiger partial charge on any atom is 0.220 e. The van der Waals surface area contributed by atoms with Crippen LogP contribution in [0.1, 0.15) is 61.5 Å². The van der Waals surface area contributed by atoms with Crippen molar-refractivity contribution in [2.24, 2.45) is 11.8 Å². The average Bonchev–Trinajstić information content (AvgIpc) is 3.42. The highest BCUT2D eigenvalue weighted by Crippen LogP contribution is 2.53. The number of aliphatic hydroxyl groups excluding tert-OH is 1. The molecule has 0 amide bonds. The molecule has 0 aliphatic heterocycles. The van der Waals surface area contributed by atoms with Crippen molar-refractivity contribution in [2.45, 2.75) is 57.5 Å². The zero-order valence-corrected chi connectivity index (χ0v) is 17.7. The molecule has 0 saturated heterocycles. The maximum absolute atomic E-state index is 9.84. The summed E-state index contributed by atoms with van der Waals surface area (Å²) in [5.41, 5.74) is 3.32. The number of aryl methyl sites for hydroxylation is 1. The minimum atomic E-state index is -0.167. The lowest BCUT2D eigenvalue weighted by Gasteiger charge is -2.26. The molecule has 5 heteroatoms. The fourth-order valence-corrected chi connectivity index (χ4v) is 4.97. The van der Waals surface area contributed by atoms with Crippen LogP contribution in [0.4, 0.5) is 0 Å². The molecule has 2 heterocycles. The van der Waals surface area contributed by atoms with Crippen LogP contribution >= 0.6 is 0 Å². The molecule has 2 aliphatic carbocycles. The van der Waals surface area contributed by atoms with Gasteiger partial charge in [-0.3, -0.25) is 4.98 Å². The number of benzene rings is 1. The van der Waals surface area contributed by atoms with Crippen molar-refractivity contribution in [2.75, 3.05) is 6.61 Å². The number of fused-ring (bicyclic) bond motifs is 1. The highest BCUT2D eigenvalue weighted by Gasteiger charge is 2.49. The fourth-order valence-electron chi connectivity index (χ4n) is 4.97. The van der Waals surface area contributed by atoms with Crippen molar-refractivity contribution in [1.82, 2.24) is 15.0 Å². The summed E-state index contributed by atoms with van der Waals surface area (Å²) in [5, 5.41) is 11.0. The molecular formula is C25H29N3O2. The molecule has 2 saturated carbocycles. The molecule has 2 fully saturated rings. The molecule has 0 radical (unpaired) electrons. The lowest BCUT2D eigenvalue weighted by atomic mass is 9.83. The van der Waals surface area contributed by atoms with Gasteiger partial charge in [0.15, 0.2) is 0 Å². The Morgan fingerprint density at radius 3 is 2.67 bits per heavy atom. The third-order valence-electron chi connectivity index (χ3n) is 6.97. The first-order valence-electron chi connectivity index (χ1n) is 11.1. The number of rotatable bonds is 5. The Bertz CT molecular complexity index is 1050. The van der Waals surface area contributed by atoms with E-state index in [1.165, 1.54) is 5.39 Å². The van der Waals surface area contributed by atoms with Gasteiger partial charge in [0.2, 0.25) is 5.88 Å². The van der Waals surface area contributed by atoms with Crippen LogP contribution in [-0.2, 0) is 0 Å². The van der Waals surface area contributed by atoms with E-state index in [1.54, 1.807) is 0 Å². The van der Waals surface area contributed by atoms with Gasteiger partial charge >= 0.3 is 0 Å². The lowest BCUT2D eigenvalue weighted by molar-refractivity contribution is 0.121. The highest BCUT2D eigenvalue weighted by atomic mass is 16.5. The van der Waals surface area contributed by atoms with Crippen molar-refractivity contribution in [3.05, 3.63) is 59.7 Å². The molecule has 0 spiro atoms. The predicted octanol–water partition coefficient (Wildman–Crippen LogP) is 4.78. The van der Waals surface area contributed by atoms with Crippen LogP contribution in [0.5, 0.6) is 5.88 Å². The second kappa shape index (κ2) is 7.95. The van der Waals surface area contributed by atoms with E-state index in [-0.39, 0.29) is 6.10 Å². The summed E-state index contributed by atoms with van der Waals surface area (Å²) in [4.78, 5) is 13.9. The number of nitrogens with zero attached hydrogens (tertiary/aromatic N) is 3. The Hall–Kier alpha value is -2.53. The normalized spacial score (nSPS) is 28.4. The summed E-state index contributed by atoms with van der Waals surface area (Å²) in [6, 6.07) is 12.6. The Morgan fingerprint density at radius 2 is 1.83 bits per heavy atom. The van der Waals surface area contributed by atoms with Gasteiger partial charge in [-0.25, -0.2) is 4.98 Å². The van der Waals surface area contributed by atoms with Crippen LogP contribution < -0.4 is 4.74 Å². The third-order valence-corrected chi connectivity index (χ3v) is 6.97. The first-order valence-corrected chi connectivity index (χ1v) is 11.1. The summed E-state index contributed by atoms with van der Waals surface area (Å²) >= 11 is 0. The van der Waals surface area contributed by atoms with Crippen molar-refractivity contribution < 1.29 is 9.84 Å². The number of pyridine rings is 1. The van der Waals surface area contributed by atoms with Crippen LogP contribution in [0, 0.1) is 18.8 Å². The largest absolute Gasteiger partial charge is 0.477 e. The van der Waals surface area contributed by atoms with Crippen LogP contribution in [-0.4, -0.2) is 32.8 Å². The third kappa shape index (κ3) is 3.79. The van der Waals surface area contributed by atoms with Crippen LogP contribution in [0.25, 0.3) is 10.9 Å². The zero-order chi connectivity index (χ0) is 20.7. The van der Waals surface area contributed by atoms with Gasteiger partial charge in [-0.2, -0.15) is 4.98 Å². The predicted molar refractivity (Wildman–Crippen MR) is 117 cm³/mol. The summed E-state index contributed by atoms with van der Waals surface area (Å²) in [6.07, 6.45) is 5.37. The molecule has 2 aliphatic rings. The van der Waals surface area contributed by atoms with Gasteiger partial charge in [0.05, 0.1) is 18.2 Å². The average molecular weight is 404 g/mol. The van der Waals surface area contributed by atoms with E-state index in [1.807, 2.05) is 25.3 Å². The number of ether oxygens (including phenoxy) is 1. The molecule has 1 aromatic carbocycles. The van der Waals surface area contributed by atoms with E-state index in [0.717, 1.165) is 54.2 Å². The molecule has 2 aromatic heterocycles. The number of hydrogen-bond donors (Lipinski definition) is 1. The van der Waals surface area contributed by atoms with Crippen molar-refractivity contribution in [3.8, 4) is 5.88 Å². The topological polar surface area (TPSA) is 68.1 Å². The molecule has 156 valence electrons. The van der Waals surface area contributed by atoms with E-state index >= 15 is 0 Å². The van der Waals surface area contributed by atoms with Crippen molar-refractivity contribution >= 4 is 10.9 Å². The first kappa shape index (κ1) is 19.4. The van der Waals surface area contributed by atoms with Crippen LogP contribution in [0.15, 0.2) is 42.6 Å². The summed E-state index contributed by atoms with van der Waals surface area (Å²) in [7, 11) is 0. The maximum atomic E-state index is 9.84. The van der Waals surface area contributed by atoms with Gasteiger partial charge in [0, 0.05) is 34.7 Å². The SMILES string of the molecule is Cc1ncc([C@H]2CC[C@H](O)CC2)c(OCC2C(C)C2c2ccc3ccccc3n2)n1. The number of hydrogen-bond acceptors (Lipinski definition) is 5. The molecule has 3 aromatic rings. The highest BCUT2D eigenvalue weighted by molar-refractivity contribution is 5.78. The standard InChI is InChI=1S/C25H29N3O2/c1-15-21(24(15)23-12-9-18-5-3-4-6-22(18)28-23)14-30-25-20(13-26-16(2)27-25)17-7-10-19(29)11-8-17/h3-6,9,12-13,15,17,19,21,24,29H,7-8,10-11,14H2,1-2H3/t15?,17-,19-,21?,24?. The quantitative estimate of drug-likeness (QED) is 0.664. The minimum Gasteiger partial charge on any atom is -0.477 e. The van der Waals surface area contributed by atoms with Crippen LogP contribution in [0.2, 0.25) is 0 Å². The molecular weight excluding hydrogens is 374 g/mol. The van der Waals surface area contributed by atoms with E-state index in [2.05, 4.69) is 41.2 Å². The van der Waals surface area contributed by atoms with Gasteiger partial charge in [0.1, 0.15) is 5.82 Å². The van der Waals surface area contributed by atoms with Gasteiger partial charge in [-0.05, 0) is 56.6 Å². The first-order chi connectivity index (χ1) is 14.6. The second-order valence-electron chi connectivity index (χ2n) is 8.97. The molecule has 5 rings (SSSR count). The summed E-state index contributed by atoms with van der Waals surface area (Å²) in [6.45, 7) is 4.84. The fraction of sp³-hybridized carbons (Fsp3) is 0.480. The monoisotopic (exact) mass is 403 g/mol. The Labute approximate surface area is 177 Å². The van der Waals surface area contributed by atoms with Gasteiger partial charge in [-0.1, -0.05) is 31.2 Å². The Morgan fingerprint density at radius 1 is 1.03 bits per heavy atom. The van der Waals surface area contributed by atoms with E-state index < -0.39 is 0 Å².